The number of aryl methyl sites for hydroxylation is 1. The zero-order chi connectivity index (χ0) is 17.0. The number of hydrogen-bond acceptors (Lipinski definition) is 7. The molecule has 0 bridgehead atoms. The zero-order valence-corrected chi connectivity index (χ0v) is 15.2. The molecule has 0 N–H and O–H groups in total. The van der Waals surface area contributed by atoms with Gasteiger partial charge in [0.2, 0.25) is 15.9 Å². The van der Waals surface area contributed by atoms with Gasteiger partial charge in [0, 0.05) is 33.6 Å². The van der Waals surface area contributed by atoms with Crippen molar-refractivity contribution in [2.75, 3.05) is 46.5 Å². The first-order chi connectivity index (χ1) is 10.8. The van der Waals surface area contributed by atoms with Crippen molar-refractivity contribution < 1.29 is 12.9 Å². The Balaban J connectivity index is 1.73. The van der Waals surface area contributed by atoms with Crippen LogP contribution in [-0.2, 0) is 16.6 Å². The van der Waals surface area contributed by atoms with Gasteiger partial charge >= 0.3 is 0 Å². The Bertz CT molecular complexity index is 601. The van der Waals surface area contributed by atoms with Crippen LogP contribution in [0.5, 0.6) is 0 Å². The number of nitrogens with zero attached hydrogens (tertiary/aromatic N) is 5. The fourth-order valence-corrected chi connectivity index (χ4v) is 3.64. The highest BCUT2D eigenvalue weighted by Gasteiger charge is 2.26. The first-order valence-corrected chi connectivity index (χ1v) is 9.51. The Morgan fingerprint density at radius 3 is 2.70 bits per heavy atom. The average Bonchev–Trinajstić information content (AvgIpc) is 3.08. The summed E-state index contributed by atoms with van der Waals surface area (Å²) in [5.74, 6) is 1.50. The number of likely N-dealkylation sites (tertiary alicyclic amines) is 1. The van der Waals surface area contributed by atoms with Gasteiger partial charge in [0.25, 0.3) is 0 Å². The summed E-state index contributed by atoms with van der Waals surface area (Å²) in [4.78, 5) is 8.79. The van der Waals surface area contributed by atoms with Gasteiger partial charge < -0.3 is 9.42 Å². The van der Waals surface area contributed by atoms with Gasteiger partial charge in [-0.3, -0.25) is 4.90 Å². The highest BCUT2D eigenvalue weighted by atomic mass is 32.2. The molecule has 0 spiro atoms. The second-order valence-electron chi connectivity index (χ2n) is 6.34. The predicted octanol–water partition coefficient (Wildman–Crippen LogP) is 0.166. The van der Waals surface area contributed by atoms with E-state index in [0.29, 0.717) is 30.7 Å². The maximum Gasteiger partial charge on any atom is 0.223 e. The molecule has 1 aromatic heterocycles. The van der Waals surface area contributed by atoms with Crippen molar-refractivity contribution in [2.45, 2.75) is 32.4 Å². The normalized spacial score (nSPS) is 20.0. The van der Waals surface area contributed by atoms with Crippen molar-refractivity contribution in [3.05, 3.63) is 11.7 Å². The smallest absolute Gasteiger partial charge is 0.223 e. The molecule has 1 saturated heterocycles. The van der Waals surface area contributed by atoms with Gasteiger partial charge in [0.05, 0.1) is 12.3 Å². The van der Waals surface area contributed by atoms with Crippen LogP contribution in [0.3, 0.4) is 0 Å². The molecule has 0 aromatic carbocycles. The van der Waals surface area contributed by atoms with E-state index in [-0.39, 0.29) is 5.75 Å². The topological polar surface area (TPSA) is 82.8 Å². The van der Waals surface area contributed by atoms with Crippen molar-refractivity contribution in [3.8, 4) is 0 Å². The van der Waals surface area contributed by atoms with E-state index in [1.807, 2.05) is 0 Å². The van der Waals surface area contributed by atoms with Crippen LogP contribution >= 0.6 is 0 Å². The van der Waals surface area contributed by atoms with E-state index in [9.17, 15) is 8.42 Å². The lowest BCUT2D eigenvalue weighted by atomic mass is 10.2. The molecule has 0 radical (unpaired) electrons. The highest BCUT2D eigenvalue weighted by molar-refractivity contribution is 7.89. The minimum Gasteiger partial charge on any atom is -0.340 e. The molecule has 0 aliphatic carbocycles. The fourth-order valence-electron chi connectivity index (χ4n) is 2.79. The number of hydrogen-bond donors (Lipinski definition) is 0. The Morgan fingerprint density at radius 1 is 1.35 bits per heavy atom. The summed E-state index contributed by atoms with van der Waals surface area (Å²) >= 11 is 0. The van der Waals surface area contributed by atoms with Crippen molar-refractivity contribution in [2.24, 2.45) is 0 Å². The van der Waals surface area contributed by atoms with E-state index in [1.165, 1.54) is 4.31 Å². The largest absolute Gasteiger partial charge is 0.340 e. The lowest BCUT2D eigenvalue weighted by Gasteiger charge is -2.23. The number of aromatic nitrogens is 2. The zero-order valence-electron chi connectivity index (χ0n) is 14.4. The van der Waals surface area contributed by atoms with Gasteiger partial charge in [-0.25, -0.2) is 12.7 Å². The SMILES string of the molecule is Cc1nc(CN(C)[C@H]2CCN(CCCS(=O)(=O)N(C)C)C2)no1. The molecule has 1 aliphatic rings. The molecule has 1 aromatic rings. The van der Waals surface area contributed by atoms with Crippen LogP contribution in [0.2, 0.25) is 0 Å². The van der Waals surface area contributed by atoms with Crippen LogP contribution < -0.4 is 0 Å². The lowest BCUT2D eigenvalue weighted by molar-refractivity contribution is 0.218. The molecule has 2 rings (SSSR count). The molecule has 1 atom stereocenters. The first-order valence-electron chi connectivity index (χ1n) is 7.90. The summed E-state index contributed by atoms with van der Waals surface area (Å²) in [6.45, 7) is 5.23. The van der Waals surface area contributed by atoms with E-state index >= 15 is 0 Å². The Kier molecular flexibility index (Phi) is 6.12. The van der Waals surface area contributed by atoms with Crippen molar-refractivity contribution in [3.63, 3.8) is 0 Å². The van der Waals surface area contributed by atoms with E-state index in [0.717, 1.165) is 26.1 Å². The molecule has 2 heterocycles. The first kappa shape index (κ1) is 18.3. The molecule has 0 amide bonds. The number of rotatable bonds is 8. The van der Waals surface area contributed by atoms with E-state index in [2.05, 4.69) is 27.0 Å². The van der Waals surface area contributed by atoms with E-state index in [1.54, 1.807) is 21.0 Å². The standard InChI is InChI=1S/C14H27N5O3S/c1-12-15-14(16-22-12)11-18(4)13-6-8-19(10-13)7-5-9-23(20,21)17(2)3/h13H,5-11H2,1-4H3/t13-/m0/s1. The second kappa shape index (κ2) is 7.69. The summed E-state index contributed by atoms with van der Waals surface area (Å²) in [6, 6.07) is 0.444. The molecular weight excluding hydrogens is 318 g/mol. The van der Waals surface area contributed by atoms with E-state index < -0.39 is 10.0 Å². The molecule has 1 aliphatic heterocycles. The van der Waals surface area contributed by atoms with Gasteiger partial charge in [-0.15, -0.1) is 0 Å². The summed E-state index contributed by atoms with van der Waals surface area (Å²) in [5, 5.41) is 3.93. The molecule has 8 nitrogen and oxygen atoms in total. The molecule has 9 heteroatoms. The molecule has 23 heavy (non-hydrogen) atoms. The molecule has 0 saturated carbocycles. The van der Waals surface area contributed by atoms with Crippen molar-refractivity contribution in [1.82, 2.24) is 24.2 Å². The third kappa shape index (κ3) is 5.23. The Labute approximate surface area is 138 Å². The molecule has 1 fully saturated rings. The Morgan fingerprint density at radius 2 is 2.09 bits per heavy atom. The number of likely N-dealkylation sites (N-methyl/N-ethyl adjacent to an activating group) is 1. The highest BCUT2D eigenvalue weighted by Crippen LogP contribution is 2.16. The quantitative estimate of drug-likeness (QED) is 0.664. The van der Waals surface area contributed by atoms with Gasteiger partial charge in [-0.1, -0.05) is 5.16 Å². The molecule has 0 unspecified atom stereocenters. The van der Waals surface area contributed by atoms with Gasteiger partial charge in [0.15, 0.2) is 5.82 Å². The predicted molar refractivity (Wildman–Crippen MR) is 87.4 cm³/mol. The summed E-state index contributed by atoms with van der Waals surface area (Å²) < 4.78 is 29.8. The summed E-state index contributed by atoms with van der Waals surface area (Å²) in [7, 11) is 2.14. The van der Waals surface area contributed by atoms with Gasteiger partial charge in [-0.2, -0.15) is 4.98 Å². The van der Waals surface area contributed by atoms with Crippen LogP contribution in [0.15, 0.2) is 4.52 Å². The minimum absolute atomic E-state index is 0.207. The maximum atomic E-state index is 11.8. The minimum atomic E-state index is -3.09. The monoisotopic (exact) mass is 345 g/mol. The van der Waals surface area contributed by atoms with Crippen LogP contribution in [0.4, 0.5) is 0 Å². The van der Waals surface area contributed by atoms with Crippen LogP contribution in [0.25, 0.3) is 0 Å². The van der Waals surface area contributed by atoms with Crippen LogP contribution in [0, 0.1) is 6.92 Å². The fraction of sp³-hybridized carbons (Fsp3) is 0.857. The van der Waals surface area contributed by atoms with Gasteiger partial charge in [0.1, 0.15) is 0 Å². The van der Waals surface area contributed by atoms with Crippen LogP contribution in [-0.4, -0.2) is 85.2 Å². The second-order valence-corrected chi connectivity index (χ2v) is 8.64. The third-order valence-electron chi connectivity index (χ3n) is 4.26. The lowest BCUT2D eigenvalue weighted by Crippen LogP contribution is -2.35. The summed E-state index contributed by atoms with van der Waals surface area (Å²) in [6.07, 6.45) is 1.74. The Hall–Kier alpha value is -1.03. The van der Waals surface area contributed by atoms with Crippen molar-refractivity contribution in [1.29, 1.82) is 0 Å². The van der Waals surface area contributed by atoms with Crippen LogP contribution in [0.1, 0.15) is 24.6 Å². The molecular formula is C14H27N5O3S. The average molecular weight is 345 g/mol. The molecule has 132 valence electrons. The maximum absolute atomic E-state index is 11.8. The van der Waals surface area contributed by atoms with Gasteiger partial charge in [-0.05, 0) is 33.0 Å². The van der Waals surface area contributed by atoms with E-state index in [4.69, 9.17) is 4.52 Å². The van der Waals surface area contributed by atoms with Crippen molar-refractivity contribution >= 4 is 10.0 Å². The third-order valence-corrected chi connectivity index (χ3v) is 6.18. The summed E-state index contributed by atoms with van der Waals surface area (Å²) in [5.41, 5.74) is 0. The number of sulfonamides is 1.